The number of amides is 1. The molecular weight excluding hydrogens is 198 g/mol. The van der Waals surface area contributed by atoms with Crippen LogP contribution in [0, 0.1) is 11.3 Å². The zero-order valence-electron chi connectivity index (χ0n) is 10.7. The maximum absolute atomic E-state index is 12.4. The lowest BCUT2D eigenvalue weighted by Crippen LogP contribution is -2.55. The van der Waals surface area contributed by atoms with E-state index in [1.807, 2.05) is 0 Å². The van der Waals surface area contributed by atoms with Gasteiger partial charge in [-0.2, -0.15) is 0 Å². The molecule has 0 radical (unpaired) electrons. The van der Waals surface area contributed by atoms with Gasteiger partial charge in [-0.15, -0.1) is 0 Å². The highest BCUT2D eigenvalue weighted by Gasteiger charge is 2.44. The number of carbonyl (C=O) groups is 1. The zero-order chi connectivity index (χ0) is 11.8. The number of allylic oxidation sites excluding steroid dienone is 1. The molecule has 0 aromatic carbocycles. The second kappa shape index (κ2) is 4.23. The molecule has 2 heteroatoms. The van der Waals surface area contributed by atoms with Crippen LogP contribution in [-0.2, 0) is 4.79 Å². The molecule has 0 aromatic heterocycles. The fraction of sp³-hybridized carbons (Fsp3) is 0.786. The summed E-state index contributed by atoms with van der Waals surface area (Å²) in [4.78, 5) is 14.5. The van der Waals surface area contributed by atoms with E-state index in [1.165, 1.54) is 12.8 Å². The maximum Gasteiger partial charge on any atom is 0.228 e. The summed E-state index contributed by atoms with van der Waals surface area (Å²) in [6.45, 7) is 7.27. The highest BCUT2D eigenvalue weighted by Crippen LogP contribution is 2.41. The third-order valence-corrected chi connectivity index (χ3v) is 3.96. The lowest BCUT2D eigenvalue weighted by Gasteiger charge is -2.48. The Bertz CT molecular complexity index is 306. The minimum Gasteiger partial charge on any atom is -0.336 e. The van der Waals surface area contributed by atoms with Crippen molar-refractivity contribution >= 4 is 5.91 Å². The topological polar surface area (TPSA) is 20.3 Å². The number of rotatable bonds is 2. The fourth-order valence-corrected chi connectivity index (χ4v) is 3.21. The van der Waals surface area contributed by atoms with Crippen molar-refractivity contribution < 1.29 is 4.79 Å². The molecule has 0 aromatic rings. The Balaban J connectivity index is 2.26. The Hall–Kier alpha value is -0.790. The molecule has 2 nitrogen and oxygen atoms in total. The van der Waals surface area contributed by atoms with Crippen molar-refractivity contribution in [1.82, 2.24) is 4.90 Å². The fourth-order valence-electron chi connectivity index (χ4n) is 3.21. The quantitative estimate of drug-likeness (QED) is 0.656. The molecule has 0 spiro atoms. The second-order valence-corrected chi connectivity index (χ2v) is 5.84. The lowest BCUT2D eigenvalue weighted by atomic mass is 9.71. The van der Waals surface area contributed by atoms with Gasteiger partial charge in [0, 0.05) is 12.0 Å². The van der Waals surface area contributed by atoms with E-state index in [4.69, 9.17) is 0 Å². The molecule has 1 amide bonds. The van der Waals surface area contributed by atoms with Crippen molar-refractivity contribution in [3.05, 3.63) is 12.2 Å². The summed E-state index contributed by atoms with van der Waals surface area (Å²) in [7, 11) is 0. The van der Waals surface area contributed by atoms with E-state index in [2.05, 4.69) is 37.8 Å². The van der Waals surface area contributed by atoms with Crippen molar-refractivity contribution in [3.8, 4) is 0 Å². The van der Waals surface area contributed by atoms with Crippen LogP contribution < -0.4 is 0 Å². The monoisotopic (exact) mass is 221 g/mol. The highest BCUT2D eigenvalue weighted by molar-refractivity contribution is 5.83. The van der Waals surface area contributed by atoms with Gasteiger partial charge in [-0.25, -0.2) is 0 Å². The predicted octanol–water partition coefficient (Wildman–Crippen LogP) is 2.99. The Morgan fingerprint density at radius 1 is 1.50 bits per heavy atom. The first-order valence-corrected chi connectivity index (χ1v) is 6.54. The maximum atomic E-state index is 12.4. The third kappa shape index (κ3) is 1.90. The molecule has 2 rings (SSSR count). The molecule has 0 N–H and O–H groups in total. The van der Waals surface area contributed by atoms with E-state index >= 15 is 0 Å². The summed E-state index contributed by atoms with van der Waals surface area (Å²) < 4.78 is 0. The summed E-state index contributed by atoms with van der Waals surface area (Å²) in [6, 6.07) is 0.384. The van der Waals surface area contributed by atoms with Crippen molar-refractivity contribution in [3.63, 3.8) is 0 Å². The van der Waals surface area contributed by atoms with Crippen molar-refractivity contribution in [2.45, 2.75) is 52.5 Å². The van der Waals surface area contributed by atoms with Crippen molar-refractivity contribution in [1.29, 1.82) is 0 Å². The molecule has 1 fully saturated rings. The minimum absolute atomic E-state index is 0.151. The zero-order valence-corrected chi connectivity index (χ0v) is 10.7. The van der Waals surface area contributed by atoms with Gasteiger partial charge in [-0.3, -0.25) is 4.79 Å². The first kappa shape index (κ1) is 11.7. The van der Waals surface area contributed by atoms with Crippen LogP contribution in [0.15, 0.2) is 12.2 Å². The van der Waals surface area contributed by atoms with Crippen LogP contribution >= 0.6 is 0 Å². The molecular formula is C14H23NO. The van der Waals surface area contributed by atoms with Gasteiger partial charge in [0.15, 0.2) is 0 Å². The van der Waals surface area contributed by atoms with Gasteiger partial charge in [0.25, 0.3) is 0 Å². The summed E-state index contributed by atoms with van der Waals surface area (Å²) in [6.07, 6.45) is 9.05. The number of fused-ring (bicyclic) bond motifs is 1. The SMILES string of the molecule is CCCN1C(=O)C(C)(C)C[C@H]2CCC=C[C@H]21. The Kier molecular flexibility index (Phi) is 3.09. The number of nitrogens with zero attached hydrogens (tertiary/aromatic N) is 1. The van der Waals surface area contributed by atoms with E-state index in [0.717, 1.165) is 19.4 Å². The molecule has 1 aliphatic heterocycles. The normalized spacial score (nSPS) is 32.7. The van der Waals surface area contributed by atoms with Gasteiger partial charge in [0.2, 0.25) is 5.91 Å². The average Bonchev–Trinajstić information content (AvgIpc) is 2.24. The minimum atomic E-state index is -0.151. The number of hydrogen-bond acceptors (Lipinski definition) is 1. The van der Waals surface area contributed by atoms with E-state index in [1.54, 1.807) is 0 Å². The molecule has 1 saturated heterocycles. The van der Waals surface area contributed by atoms with Crippen LogP contribution in [0.25, 0.3) is 0 Å². The van der Waals surface area contributed by atoms with Gasteiger partial charge < -0.3 is 4.90 Å². The molecule has 0 saturated carbocycles. The van der Waals surface area contributed by atoms with Crippen LogP contribution in [0.4, 0.5) is 0 Å². The molecule has 1 aliphatic carbocycles. The molecule has 90 valence electrons. The Morgan fingerprint density at radius 2 is 2.25 bits per heavy atom. The molecule has 16 heavy (non-hydrogen) atoms. The first-order chi connectivity index (χ1) is 7.56. The summed E-state index contributed by atoms with van der Waals surface area (Å²) >= 11 is 0. The Morgan fingerprint density at radius 3 is 2.94 bits per heavy atom. The van der Waals surface area contributed by atoms with E-state index in [-0.39, 0.29) is 5.41 Å². The van der Waals surface area contributed by atoms with Gasteiger partial charge in [0.05, 0.1) is 6.04 Å². The van der Waals surface area contributed by atoms with Crippen LogP contribution in [0.1, 0.15) is 46.5 Å². The lowest BCUT2D eigenvalue weighted by molar-refractivity contribution is -0.150. The van der Waals surface area contributed by atoms with E-state index in [9.17, 15) is 4.79 Å². The Labute approximate surface area is 98.7 Å². The van der Waals surface area contributed by atoms with Crippen LogP contribution in [-0.4, -0.2) is 23.4 Å². The number of hydrogen-bond donors (Lipinski definition) is 0. The van der Waals surface area contributed by atoms with Crippen LogP contribution in [0.2, 0.25) is 0 Å². The highest BCUT2D eigenvalue weighted by atomic mass is 16.2. The molecule has 2 aliphatic rings. The smallest absolute Gasteiger partial charge is 0.228 e. The van der Waals surface area contributed by atoms with E-state index < -0.39 is 0 Å². The van der Waals surface area contributed by atoms with Crippen molar-refractivity contribution in [2.75, 3.05) is 6.54 Å². The number of likely N-dealkylation sites (tertiary alicyclic amines) is 1. The molecule has 0 bridgehead atoms. The van der Waals surface area contributed by atoms with Crippen LogP contribution in [0.5, 0.6) is 0 Å². The van der Waals surface area contributed by atoms with Gasteiger partial charge in [-0.1, -0.05) is 32.9 Å². The first-order valence-electron chi connectivity index (χ1n) is 6.54. The third-order valence-electron chi connectivity index (χ3n) is 3.96. The summed E-state index contributed by atoms with van der Waals surface area (Å²) in [5.74, 6) is 1.03. The number of carbonyl (C=O) groups excluding carboxylic acids is 1. The summed E-state index contributed by atoms with van der Waals surface area (Å²) in [5, 5.41) is 0. The largest absolute Gasteiger partial charge is 0.336 e. The van der Waals surface area contributed by atoms with E-state index in [0.29, 0.717) is 17.9 Å². The van der Waals surface area contributed by atoms with Crippen molar-refractivity contribution in [2.24, 2.45) is 11.3 Å². The molecule has 2 atom stereocenters. The predicted molar refractivity (Wildman–Crippen MR) is 66.1 cm³/mol. The van der Waals surface area contributed by atoms with Gasteiger partial charge in [-0.05, 0) is 31.6 Å². The summed E-state index contributed by atoms with van der Waals surface area (Å²) in [5.41, 5.74) is -0.151. The van der Waals surface area contributed by atoms with Gasteiger partial charge in [0.1, 0.15) is 0 Å². The standard InChI is InChI=1S/C14H23NO/c1-4-9-15-12-8-6-5-7-11(12)10-14(2,3)13(15)16/h6,8,11-12H,4-5,7,9-10H2,1-3H3/t11-,12-/m1/s1. The molecule has 1 heterocycles. The average molecular weight is 221 g/mol. The second-order valence-electron chi connectivity index (χ2n) is 5.84. The number of piperidine rings is 1. The molecule has 0 unspecified atom stereocenters. The van der Waals surface area contributed by atoms with Crippen LogP contribution in [0.3, 0.4) is 0 Å². The van der Waals surface area contributed by atoms with Gasteiger partial charge >= 0.3 is 0 Å².